The maximum absolute atomic E-state index is 13.2. The minimum absolute atomic E-state index is 0.214. The van der Waals surface area contributed by atoms with E-state index in [1.54, 1.807) is 48.2 Å². The first-order valence-electron chi connectivity index (χ1n) is 9.51. The molecule has 0 spiro atoms. The van der Waals surface area contributed by atoms with Gasteiger partial charge in [0, 0.05) is 24.7 Å². The molecule has 0 aliphatic carbocycles. The molecule has 0 saturated carbocycles. The standard InChI is InChI=1S/C24H20ClFN4O/c1-3-14-29(16-19-6-4-18(15-27)5-7-19)23(31)13-12-22-17(2)28-30(24(22)25)21-10-8-20(26)9-11-21/h3-13H,1,14,16H2,2H3/b13-12+. The third kappa shape index (κ3) is 5.27. The number of nitriles is 1. The number of halogens is 2. The van der Waals surface area contributed by atoms with E-state index >= 15 is 0 Å². The van der Waals surface area contributed by atoms with Crippen LogP contribution >= 0.6 is 11.6 Å². The quantitative estimate of drug-likeness (QED) is 0.385. The van der Waals surface area contributed by atoms with E-state index in [0.717, 1.165) is 5.56 Å². The zero-order valence-corrected chi connectivity index (χ0v) is 17.7. The van der Waals surface area contributed by atoms with Crippen molar-refractivity contribution in [1.29, 1.82) is 5.26 Å². The van der Waals surface area contributed by atoms with Crippen LogP contribution in [-0.4, -0.2) is 27.1 Å². The number of aromatic nitrogens is 2. The van der Waals surface area contributed by atoms with E-state index in [1.807, 2.05) is 12.1 Å². The smallest absolute Gasteiger partial charge is 0.247 e. The Labute approximate surface area is 185 Å². The molecule has 0 saturated heterocycles. The second kappa shape index (κ2) is 9.88. The van der Waals surface area contributed by atoms with Crippen LogP contribution in [0.1, 0.15) is 22.4 Å². The molecule has 1 heterocycles. The Morgan fingerprint density at radius 3 is 2.55 bits per heavy atom. The average Bonchev–Trinajstić information content (AvgIpc) is 3.06. The summed E-state index contributed by atoms with van der Waals surface area (Å²) in [4.78, 5) is 14.4. The molecule has 7 heteroatoms. The summed E-state index contributed by atoms with van der Waals surface area (Å²) in [5.41, 5.74) is 3.33. The fourth-order valence-electron chi connectivity index (χ4n) is 3.01. The highest BCUT2D eigenvalue weighted by molar-refractivity contribution is 6.31. The SMILES string of the molecule is C=CCN(Cc1ccc(C#N)cc1)C(=O)/C=C/c1c(C)nn(-c2ccc(F)cc2)c1Cl. The van der Waals surface area contributed by atoms with Gasteiger partial charge < -0.3 is 4.90 Å². The summed E-state index contributed by atoms with van der Waals surface area (Å²) in [6, 6.07) is 15.0. The van der Waals surface area contributed by atoms with E-state index in [-0.39, 0.29) is 11.7 Å². The summed E-state index contributed by atoms with van der Waals surface area (Å²) in [7, 11) is 0. The van der Waals surface area contributed by atoms with Crippen LogP contribution in [0.15, 0.2) is 67.3 Å². The summed E-state index contributed by atoms with van der Waals surface area (Å²) in [5.74, 6) is -0.562. The highest BCUT2D eigenvalue weighted by Crippen LogP contribution is 2.25. The number of hydrogen-bond acceptors (Lipinski definition) is 3. The van der Waals surface area contributed by atoms with Crippen molar-refractivity contribution < 1.29 is 9.18 Å². The Bertz CT molecular complexity index is 1160. The zero-order chi connectivity index (χ0) is 22.4. The Morgan fingerprint density at radius 2 is 1.94 bits per heavy atom. The maximum Gasteiger partial charge on any atom is 0.247 e. The summed E-state index contributed by atoms with van der Waals surface area (Å²) in [6.45, 7) is 6.25. The third-order valence-electron chi connectivity index (χ3n) is 4.63. The van der Waals surface area contributed by atoms with Gasteiger partial charge in [0.25, 0.3) is 0 Å². The minimum atomic E-state index is -0.348. The number of carbonyl (C=O) groups is 1. The molecule has 0 N–H and O–H groups in total. The molecule has 0 unspecified atom stereocenters. The molecule has 3 aromatic rings. The number of benzene rings is 2. The lowest BCUT2D eigenvalue weighted by Gasteiger charge is -2.19. The van der Waals surface area contributed by atoms with Gasteiger partial charge in [0.15, 0.2) is 0 Å². The number of carbonyl (C=O) groups excluding carboxylic acids is 1. The van der Waals surface area contributed by atoms with Gasteiger partial charge in [-0.05, 0) is 55.0 Å². The topological polar surface area (TPSA) is 61.9 Å². The number of hydrogen-bond donors (Lipinski definition) is 0. The fraction of sp³-hybridized carbons (Fsp3) is 0.125. The molecule has 1 aromatic heterocycles. The third-order valence-corrected chi connectivity index (χ3v) is 4.99. The Morgan fingerprint density at radius 1 is 1.26 bits per heavy atom. The normalized spacial score (nSPS) is 10.8. The highest BCUT2D eigenvalue weighted by Gasteiger charge is 2.15. The Balaban J connectivity index is 1.80. The molecule has 0 atom stereocenters. The summed E-state index contributed by atoms with van der Waals surface area (Å²) in [5, 5.41) is 13.6. The second-order valence-corrected chi connectivity index (χ2v) is 7.19. The van der Waals surface area contributed by atoms with Crippen LogP contribution in [0, 0.1) is 24.1 Å². The molecule has 2 aromatic carbocycles. The number of aryl methyl sites for hydroxylation is 1. The van der Waals surface area contributed by atoms with E-state index in [1.165, 1.54) is 22.9 Å². The van der Waals surface area contributed by atoms with Crippen molar-refractivity contribution in [3.63, 3.8) is 0 Å². The van der Waals surface area contributed by atoms with Gasteiger partial charge in [-0.2, -0.15) is 10.4 Å². The van der Waals surface area contributed by atoms with Crippen molar-refractivity contribution in [2.24, 2.45) is 0 Å². The molecule has 31 heavy (non-hydrogen) atoms. The number of amides is 1. The summed E-state index contributed by atoms with van der Waals surface area (Å²) >= 11 is 6.47. The van der Waals surface area contributed by atoms with Crippen molar-refractivity contribution in [1.82, 2.24) is 14.7 Å². The first kappa shape index (κ1) is 22.0. The highest BCUT2D eigenvalue weighted by atomic mass is 35.5. The van der Waals surface area contributed by atoms with Gasteiger partial charge >= 0.3 is 0 Å². The van der Waals surface area contributed by atoms with Crippen LogP contribution in [0.5, 0.6) is 0 Å². The fourth-order valence-corrected chi connectivity index (χ4v) is 3.34. The van der Waals surface area contributed by atoms with Crippen LogP contribution in [0.2, 0.25) is 5.15 Å². The van der Waals surface area contributed by atoms with Crippen LogP contribution in [0.4, 0.5) is 4.39 Å². The minimum Gasteiger partial charge on any atom is -0.331 e. The first-order valence-corrected chi connectivity index (χ1v) is 9.88. The van der Waals surface area contributed by atoms with Gasteiger partial charge in [0.1, 0.15) is 11.0 Å². The van der Waals surface area contributed by atoms with Crippen molar-refractivity contribution >= 4 is 23.6 Å². The van der Waals surface area contributed by atoms with Gasteiger partial charge in [-0.3, -0.25) is 4.79 Å². The lowest BCUT2D eigenvalue weighted by Crippen LogP contribution is -2.29. The van der Waals surface area contributed by atoms with E-state index < -0.39 is 0 Å². The molecule has 0 aliphatic rings. The predicted octanol–water partition coefficient (Wildman–Crippen LogP) is 5.07. The van der Waals surface area contributed by atoms with Crippen LogP contribution in [-0.2, 0) is 11.3 Å². The number of nitrogens with zero attached hydrogens (tertiary/aromatic N) is 4. The molecular formula is C24H20ClFN4O. The largest absolute Gasteiger partial charge is 0.331 e. The van der Waals surface area contributed by atoms with Gasteiger partial charge in [0.2, 0.25) is 5.91 Å². The first-order chi connectivity index (χ1) is 14.9. The maximum atomic E-state index is 13.2. The molecule has 0 bridgehead atoms. The lowest BCUT2D eigenvalue weighted by atomic mass is 10.1. The molecule has 156 valence electrons. The summed E-state index contributed by atoms with van der Waals surface area (Å²) in [6.07, 6.45) is 4.72. The van der Waals surface area contributed by atoms with Crippen LogP contribution < -0.4 is 0 Å². The van der Waals surface area contributed by atoms with Crippen molar-refractivity contribution in [2.45, 2.75) is 13.5 Å². The second-order valence-electron chi connectivity index (χ2n) is 6.83. The van der Waals surface area contributed by atoms with E-state index in [9.17, 15) is 9.18 Å². The average molecular weight is 435 g/mol. The van der Waals surface area contributed by atoms with Crippen molar-refractivity contribution in [3.8, 4) is 11.8 Å². The predicted molar refractivity (Wildman–Crippen MR) is 119 cm³/mol. The number of rotatable bonds is 7. The Hall–Kier alpha value is -3.69. The zero-order valence-electron chi connectivity index (χ0n) is 16.9. The van der Waals surface area contributed by atoms with E-state index in [4.69, 9.17) is 16.9 Å². The van der Waals surface area contributed by atoms with Gasteiger partial charge in [-0.15, -0.1) is 6.58 Å². The monoisotopic (exact) mass is 434 g/mol. The summed E-state index contributed by atoms with van der Waals surface area (Å²) < 4.78 is 14.7. The van der Waals surface area contributed by atoms with Crippen LogP contribution in [0.3, 0.4) is 0 Å². The van der Waals surface area contributed by atoms with Crippen molar-refractivity contribution in [3.05, 3.63) is 101 Å². The molecule has 0 aliphatic heterocycles. The molecule has 5 nitrogen and oxygen atoms in total. The van der Waals surface area contributed by atoms with Gasteiger partial charge in [-0.1, -0.05) is 29.8 Å². The molecule has 3 rings (SSSR count). The van der Waals surface area contributed by atoms with Gasteiger partial charge in [-0.25, -0.2) is 9.07 Å². The van der Waals surface area contributed by atoms with Crippen molar-refractivity contribution in [2.75, 3.05) is 6.54 Å². The molecule has 1 amide bonds. The lowest BCUT2D eigenvalue weighted by molar-refractivity contribution is -0.126. The van der Waals surface area contributed by atoms with E-state index in [2.05, 4.69) is 17.7 Å². The van der Waals surface area contributed by atoms with E-state index in [0.29, 0.717) is 40.8 Å². The molecular weight excluding hydrogens is 415 g/mol. The Kier molecular flexibility index (Phi) is 7.01. The molecule has 0 fully saturated rings. The molecule has 0 radical (unpaired) electrons. The van der Waals surface area contributed by atoms with Gasteiger partial charge in [0.05, 0.1) is 23.0 Å². The van der Waals surface area contributed by atoms with Crippen LogP contribution in [0.25, 0.3) is 11.8 Å².